The van der Waals surface area contributed by atoms with Crippen LogP contribution in [0, 0.1) is 5.92 Å². The van der Waals surface area contributed by atoms with Gasteiger partial charge in [0.05, 0.1) is 18.2 Å². The number of thiol groups is 1. The second kappa shape index (κ2) is 11.9. The van der Waals surface area contributed by atoms with E-state index in [4.69, 9.17) is 4.74 Å². The van der Waals surface area contributed by atoms with Crippen molar-refractivity contribution in [3.05, 3.63) is 0 Å². The lowest BCUT2D eigenvalue weighted by molar-refractivity contribution is -0.139. The molecule has 0 rings (SSSR count). The maximum atomic E-state index is 12.7. The summed E-state index contributed by atoms with van der Waals surface area (Å²) in [7, 11) is 3.40. The third-order valence-corrected chi connectivity index (χ3v) is 4.47. The second-order valence-electron chi connectivity index (χ2n) is 6.42. The fraction of sp³-hybridized carbons (Fsp3) is 0.882. The third kappa shape index (κ3) is 7.23. The summed E-state index contributed by atoms with van der Waals surface area (Å²) in [6, 6.07) is -0.465. The second-order valence-corrected chi connectivity index (χ2v) is 6.68. The summed E-state index contributed by atoms with van der Waals surface area (Å²) in [4.78, 5) is 26.5. The van der Waals surface area contributed by atoms with Crippen LogP contribution >= 0.6 is 12.8 Å². The maximum Gasteiger partial charge on any atom is 0.240 e. The number of nitrogens with zero attached hydrogens (tertiary/aromatic N) is 1. The zero-order valence-corrected chi connectivity index (χ0v) is 16.4. The number of carbonyl (C=O) groups is 2. The average molecular weight is 347 g/mol. The van der Waals surface area contributed by atoms with E-state index >= 15 is 0 Å². The Morgan fingerprint density at radius 3 is 2.22 bits per heavy atom. The lowest BCUT2D eigenvalue weighted by Crippen LogP contribution is -2.53. The Hall–Kier alpha value is -0.590. The number of amides is 1. The molecule has 136 valence electrons. The van der Waals surface area contributed by atoms with Gasteiger partial charge in [-0.05, 0) is 18.8 Å². The van der Waals surface area contributed by atoms with E-state index in [1.165, 1.54) is 0 Å². The Morgan fingerprint density at radius 1 is 1.22 bits per heavy atom. The number of Topliss-reactive ketones (excluding diaryl/α,β-unsaturated/α-hetero) is 1. The van der Waals surface area contributed by atoms with Crippen LogP contribution in [-0.4, -0.2) is 48.9 Å². The summed E-state index contributed by atoms with van der Waals surface area (Å²) in [6.45, 7) is 8.02. The predicted molar refractivity (Wildman–Crippen MR) is 97.5 cm³/mol. The van der Waals surface area contributed by atoms with Gasteiger partial charge in [-0.2, -0.15) is 0 Å². The number of hydrogen-bond acceptors (Lipinski definition) is 5. The molecule has 1 amide bonds. The number of nitrogens with one attached hydrogen (secondary N) is 1. The molecule has 0 saturated carbocycles. The van der Waals surface area contributed by atoms with Crippen molar-refractivity contribution in [2.75, 3.05) is 14.2 Å². The van der Waals surface area contributed by atoms with Gasteiger partial charge in [0, 0.05) is 27.0 Å². The molecule has 0 aromatic carbocycles. The van der Waals surface area contributed by atoms with Gasteiger partial charge in [-0.25, -0.2) is 0 Å². The van der Waals surface area contributed by atoms with Crippen LogP contribution in [0.25, 0.3) is 0 Å². The van der Waals surface area contributed by atoms with Gasteiger partial charge in [0.1, 0.15) is 5.78 Å². The van der Waals surface area contributed by atoms with Crippen LogP contribution < -0.4 is 4.72 Å². The molecular weight excluding hydrogens is 312 g/mol. The number of ether oxygens (including phenoxy) is 1. The summed E-state index contributed by atoms with van der Waals surface area (Å²) >= 11 is 4.08. The number of carbonyl (C=O) groups excluding carboxylic acids is 2. The summed E-state index contributed by atoms with van der Waals surface area (Å²) in [5.74, 6) is 0.305. The van der Waals surface area contributed by atoms with Crippen molar-refractivity contribution in [3.8, 4) is 0 Å². The van der Waals surface area contributed by atoms with E-state index in [2.05, 4.69) is 24.5 Å². The van der Waals surface area contributed by atoms with Gasteiger partial charge in [0.2, 0.25) is 5.91 Å². The zero-order valence-electron chi connectivity index (χ0n) is 15.5. The zero-order chi connectivity index (χ0) is 18.0. The molecule has 6 heteroatoms. The monoisotopic (exact) mass is 346 g/mol. The fourth-order valence-corrected chi connectivity index (χ4v) is 3.19. The number of rotatable bonds is 12. The first-order valence-electron chi connectivity index (χ1n) is 8.54. The van der Waals surface area contributed by atoms with Gasteiger partial charge in [-0.15, -0.1) is 0 Å². The molecule has 0 aliphatic heterocycles. The van der Waals surface area contributed by atoms with Gasteiger partial charge in [0.15, 0.2) is 0 Å². The first-order chi connectivity index (χ1) is 10.8. The SMILES string of the molecule is CCCC(=O)CC(OC)C(CCC)N(C)C(=O)C(NS)C(C)C. The van der Waals surface area contributed by atoms with Gasteiger partial charge in [0.25, 0.3) is 0 Å². The molecule has 0 spiro atoms. The van der Waals surface area contributed by atoms with E-state index in [0.29, 0.717) is 12.8 Å². The van der Waals surface area contributed by atoms with Crippen molar-refractivity contribution in [1.29, 1.82) is 0 Å². The minimum Gasteiger partial charge on any atom is -0.379 e. The molecule has 0 saturated heterocycles. The van der Waals surface area contributed by atoms with Gasteiger partial charge < -0.3 is 9.64 Å². The van der Waals surface area contributed by atoms with Crippen LogP contribution in [0.2, 0.25) is 0 Å². The lowest BCUT2D eigenvalue weighted by atomic mass is 9.96. The number of methoxy groups -OCH3 is 1. The molecule has 1 N–H and O–H groups in total. The van der Waals surface area contributed by atoms with Crippen LogP contribution in [0.15, 0.2) is 0 Å². The van der Waals surface area contributed by atoms with Crippen LogP contribution in [-0.2, 0) is 14.3 Å². The first-order valence-corrected chi connectivity index (χ1v) is 8.99. The van der Waals surface area contributed by atoms with Gasteiger partial charge in [-0.1, -0.05) is 46.9 Å². The quantitative estimate of drug-likeness (QED) is 0.534. The summed E-state index contributed by atoms with van der Waals surface area (Å²) in [5.41, 5.74) is 0. The van der Waals surface area contributed by atoms with Crippen molar-refractivity contribution < 1.29 is 14.3 Å². The highest BCUT2D eigenvalue weighted by Gasteiger charge is 2.33. The Bertz CT molecular complexity index is 364. The molecule has 3 unspecified atom stereocenters. The Balaban J connectivity index is 5.17. The van der Waals surface area contributed by atoms with Crippen molar-refractivity contribution >= 4 is 24.5 Å². The molecule has 3 atom stereocenters. The third-order valence-electron chi connectivity index (χ3n) is 4.19. The van der Waals surface area contributed by atoms with Crippen molar-refractivity contribution in [3.63, 3.8) is 0 Å². The van der Waals surface area contributed by atoms with Crippen LogP contribution in [0.3, 0.4) is 0 Å². The average Bonchev–Trinajstić information content (AvgIpc) is 2.50. The minimum absolute atomic E-state index is 0.0153. The topological polar surface area (TPSA) is 58.6 Å². The molecule has 0 aliphatic rings. The molecule has 0 aromatic rings. The Kier molecular flexibility index (Phi) is 11.6. The Labute approximate surface area is 147 Å². The lowest BCUT2D eigenvalue weighted by Gasteiger charge is -2.36. The van der Waals surface area contributed by atoms with Crippen molar-refractivity contribution in [1.82, 2.24) is 9.62 Å². The van der Waals surface area contributed by atoms with E-state index in [0.717, 1.165) is 19.3 Å². The highest BCUT2D eigenvalue weighted by molar-refractivity contribution is 7.78. The highest BCUT2D eigenvalue weighted by Crippen LogP contribution is 2.19. The Morgan fingerprint density at radius 2 is 1.83 bits per heavy atom. The van der Waals surface area contributed by atoms with E-state index < -0.39 is 0 Å². The molecule has 5 nitrogen and oxygen atoms in total. The minimum atomic E-state index is -0.355. The molecule has 0 heterocycles. The van der Waals surface area contributed by atoms with Gasteiger partial charge in [-0.3, -0.25) is 14.3 Å². The fourth-order valence-electron chi connectivity index (χ4n) is 2.78. The van der Waals surface area contributed by atoms with Crippen LogP contribution in [0.5, 0.6) is 0 Å². The summed E-state index contributed by atoms with van der Waals surface area (Å²) in [5, 5.41) is 0. The molecule has 0 bridgehead atoms. The molecule has 0 aliphatic carbocycles. The smallest absolute Gasteiger partial charge is 0.240 e. The maximum absolute atomic E-state index is 12.7. The van der Waals surface area contributed by atoms with Crippen molar-refractivity contribution in [2.24, 2.45) is 5.92 Å². The summed E-state index contributed by atoms with van der Waals surface area (Å²) in [6.07, 6.45) is 3.20. The standard InChI is InChI=1S/C17H34N2O3S/c1-7-9-13(20)11-15(22-6)14(10-8-2)19(5)17(21)16(18-23)12(3)4/h12,14-16,18,23H,7-11H2,1-6H3. The first kappa shape index (κ1) is 22.4. The highest BCUT2D eigenvalue weighted by atomic mass is 32.1. The molecule has 0 aromatic heterocycles. The van der Waals surface area contributed by atoms with E-state index in [-0.39, 0.29) is 35.8 Å². The molecular formula is C17H34N2O3S. The van der Waals surface area contributed by atoms with Crippen LogP contribution in [0.4, 0.5) is 0 Å². The van der Waals surface area contributed by atoms with Crippen molar-refractivity contribution in [2.45, 2.75) is 78.0 Å². The van der Waals surface area contributed by atoms with Gasteiger partial charge >= 0.3 is 0 Å². The summed E-state index contributed by atoms with van der Waals surface area (Å²) < 4.78 is 8.37. The van der Waals surface area contributed by atoms with E-state index in [9.17, 15) is 9.59 Å². The number of ketones is 1. The largest absolute Gasteiger partial charge is 0.379 e. The molecule has 23 heavy (non-hydrogen) atoms. The number of likely N-dealkylation sites (N-methyl/N-ethyl adjacent to an activating group) is 1. The number of hydrogen-bond donors (Lipinski definition) is 2. The predicted octanol–water partition coefficient (Wildman–Crippen LogP) is 2.85. The molecule has 0 radical (unpaired) electrons. The normalized spacial score (nSPS) is 15.3. The van der Waals surface area contributed by atoms with E-state index in [1.54, 1.807) is 19.1 Å². The molecule has 0 fully saturated rings. The van der Waals surface area contributed by atoms with E-state index in [1.807, 2.05) is 20.8 Å². The van der Waals surface area contributed by atoms with Crippen LogP contribution in [0.1, 0.15) is 59.8 Å².